The Labute approximate surface area is 140 Å². The van der Waals surface area contributed by atoms with Gasteiger partial charge in [0.25, 0.3) is 0 Å². The maximum Gasteiger partial charge on any atom is 0.0141 e. The van der Waals surface area contributed by atoms with E-state index >= 15 is 0 Å². The van der Waals surface area contributed by atoms with Crippen molar-refractivity contribution in [2.75, 3.05) is 11.5 Å². The van der Waals surface area contributed by atoms with E-state index in [0.29, 0.717) is 0 Å². The zero-order chi connectivity index (χ0) is 14.1. The van der Waals surface area contributed by atoms with Gasteiger partial charge in [0.05, 0.1) is 0 Å². The largest absolute Gasteiger partial charge is 0.157 e. The first kappa shape index (κ1) is 15.2. The predicted molar refractivity (Wildman–Crippen MR) is 97.2 cm³/mol. The van der Waals surface area contributed by atoms with E-state index in [2.05, 4.69) is 23.5 Å². The van der Waals surface area contributed by atoms with Crippen LogP contribution in [-0.2, 0) is 0 Å². The van der Waals surface area contributed by atoms with E-state index in [1.54, 1.807) is 70.6 Å². The molecule has 21 heavy (non-hydrogen) atoms. The van der Waals surface area contributed by atoms with Crippen molar-refractivity contribution in [1.29, 1.82) is 0 Å². The summed E-state index contributed by atoms with van der Waals surface area (Å²) in [6, 6.07) is 0. The summed E-state index contributed by atoms with van der Waals surface area (Å²) in [6.45, 7) is 0. The van der Waals surface area contributed by atoms with Crippen molar-refractivity contribution in [2.24, 2.45) is 23.7 Å². The van der Waals surface area contributed by atoms with Crippen molar-refractivity contribution in [3.05, 3.63) is 0 Å². The molecule has 2 aliphatic heterocycles. The Bertz CT molecular complexity index is 286. The number of thioether (sulfide) groups is 2. The molecule has 0 radical (unpaired) electrons. The summed E-state index contributed by atoms with van der Waals surface area (Å²) >= 11 is 4.40. The molecule has 2 heterocycles. The molecule has 4 fully saturated rings. The zero-order valence-electron chi connectivity index (χ0n) is 13.5. The van der Waals surface area contributed by atoms with Gasteiger partial charge in [-0.2, -0.15) is 23.5 Å². The highest BCUT2D eigenvalue weighted by molar-refractivity contribution is 8.07. The molecule has 4 rings (SSSR count). The van der Waals surface area contributed by atoms with E-state index in [1.165, 1.54) is 11.5 Å². The molecule has 2 saturated carbocycles. The summed E-state index contributed by atoms with van der Waals surface area (Å²) < 4.78 is 0. The van der Waals surface area contributed by atoms with Crippen LogP contribution in [0, 0.1) is 23.7 Å². The van der Waals surface area contributed by atoms with E-state index in [4.69, 9.17) is 0 Å². The SMILES string of the molecule is C1CC(CC2CS2)CCC1CC1CCC(CC2CS2)CC1. The highest BCUT2D eigenvalue weighted by Gasteiger charge is 2.32. The monoisotopic (exact) mass is 324 g/mol. The predicted octanol–water partition coefficient (Wildman–Crippen LogP) is 6.00. The summed E-state index contributed by atoms with van der Waals surface area (Å²) in [7, 11) is 0. The molecule has 2 atom stereocenters. The molecule has 2 heteroatoms. The molecular formula is C19H32S2. The molecule has 0 N–H and O–H groups in total. The molecule has 0 spiro atoms. The number of hydrogen-bond acceptors (Lipinski definition) is 2. The van der Waals surface area contributed by atoms with Crippen LogP contribution in [0.5, 0.6) is 0 Å². The van der Waals surface area contributed by atoms with Crippen LogP contribution in [0.3, 0.4) is 0 Å². The van der Waals surface area contributed by atoms with Crippen molar-refractivity contribution in [2.45, 2.75) is 81.1 Å². The van der Waals surface area contributed by atoms with Crippen molar-refractivity contribution < 1.29 is 0 Å². The maximum atomic E-state index is 2.20. The lowest BCUT2D eigenvalue weighted by molar-refractivity contribution is 0.187. The van der Waals surface area contributed by atoms with Gasteiger partial charge in [0, 0.05) is 22.0 Å². The minimum atomic E-state index is 1.08. The lowest BCUT2D eigenvalue weighted by Crippen LogP contribution is -2.21. The normalized spacial score (nSPS) is 46.3. The molecule has 120 valence electrons. The molecule has 2 saturated heterocycles. The van der Waals surface area contributed by atoms with E-state index in [9.17, 15) is 0 Å². The topological polar surface area (TPSA) is 0 Å². The standard InChI is InChI=1S/C19H32S2/c1-5-16(10-18-12-20-18)6-2-14(1)9-15-3-7-17(8-4-15)11-19-13-21-19/h14-19H,1-13H2. The van der Waals surface area contributed by atoms with Gasteiger partial charge < -0.3 is 0 Å². The first-order chi connectivity index (χ1) is 10.3. The summed E-state index contributed by atoms with van der Waals surface area (Å²) in [6.07, 6.45) is 17.2. The lowest BCUT2D eigenvalue weighted by atomic mass is 9.72. The second-order valence-corrected chi connectivity index (χ2v) is 11.1. The molecule has 2 aliphatic carbocycles. The number of rotatable bonds is 6. The fourth-order valence-electron chi connectivity index (χ4n) is 5.03. The second-order valence-electron chi connectivity index (χ2n) is 8.39. The molecule has 0 aromatic carbocycles. The molecule has 0 bridgehead atoms. The molecular weight excluding hydrogens is 292 g/mol. The summed E-state index contributed by atoms with van der Waals surface area (Å²) in [5.74, 6) is 7.37. The van der Waals surface area contributed by atoms with Crippen LogP contribution >= 0.6 is 23.5 Å². The third-order valence-electron chi connectivity index (χ3n) is 6.60. The highest BCUT2D eigenvalue weighted by atomic mass is 32.2. The van der Waals surface area contributed by atoms with Crippen LogP contribution in [0.4, 0.5) is 0 Å². The summed E-state index contributed by atoms with van der Waals surface area (Å²) in [5.41, 5.74) is 0. The quantitative estimate of drug-likeness (QED) is 0.549. The Morgan fingerprint density at radius 1 is 0.476 bits per heavy atom. The van der Waals surface area contributed by atoms with Crippen LogP contribution in [0.15, 0.2) is 0 Å². The van der Waals surface area contributed by atoms with Crippen LogP contribution < -0.4 is 0 Å². The van der Waals surface area contributed by atoms with Crippen molar-refractivity contribution >= 4 is 23.5 Å². The zero-order valence-corrected chi connectivity index (χ0v) is 15.1. The Hall–Kier alpha value is 0.700. The molecule has 0 aromatic rings. The van der Waals surface area contributed by atoms with E-state index in [1.807, 2.05) is 0 Å². The van der Waals surface area contributed by atoms with Crippen molar-refractivity contribution in [3.63, 3.8) is 0 Å². The smallest absolute Gasteiger partial charge is 0.0141 e. The molecule has 2 unspecified atom stereocenters. The van der Waals surface area contributed by atoms with E-state index in [0.717, 1.165) is 34.2 Å². The second kappa shape index (κ2) is 7.07. The minimum Gasteiger partial charge on any atom is -0.157 e. The van der Waals surface area contributed by atoms with Gasteiger partial charge >= 0.3 is 0 Å². The number of hydrogen-bond donors (Lipinski definition) is 0. The van der Waals surface area contributed by atoms with Gasteiger partial charge in [0.15, 0.2) is 0 Å². The molecule has 0 aromatic heterocycles. The Balaban J connectivity index is 1.12. The molecule has 0 nitrogen and oxygen atoms in total. The molecule has 0 amide bonds. The van der Waals surface area contributed by atoms with Gasteiger partial charge in [-0.05, 0) is 42.9 Å². The summed E-state index contributed by atoms with van der Waals surface area (Å²) in [5, 5.41) is 2.15. The Kier molecular flexibility index (Phi) is 5.13. The fraction of sp³-hybridized carbons (Fsp3) is 1.00. The lowest BCUT2D eigenvalue weighted by Gasteiger charge is -2.34. The van der Waals surface area contributed by atoms with Crippen molar-refractivity contribution in [3.8, 4) is 0 Å². The average molecular weight is 325 g/mol. The van der Waals surface area contributed by atoms with Gasteiger partial charge in [0.2, 0.25) is 0 Å². The van der Waals surface area contributed by atoms with Gasteiger partial charge in [-0.3, -0.25) is 0 Å². The Morgan fingerprint density at radius 2 is 0.762 bits per heavy atom. The van der Waals surface area contributed by atoms with Crippen LogP contribution in [0.1, 0.15) is 70.6 Å². The van der Waals surface area contributed by atoms with Crippen LogP contribution in [-0.4, -0.2) is 22.0 Å². The average Bonchev–Trinajstić information content (AvgIpc) is 3.40. The van der Waals surface area contributed by atoms with Crippen molar-refractivity contribution in [1.82, 2.24) is 0 Å². The highest BCUT2D eigenvalue weighted by Crippen LogP contribution is 2.44. The fourth-order valence-corrected chi connectivity index (χ4v) is 6.39. The van der Waals surface area contributed by atoms with E-state index in [-0.39, 0.29) is 0 Å². The first-order valence-electron chi connectivity index (χ1n) is 9.58. The molecule has 4 aliphatic rings. The van der Waals surface area contributed by atoms with Gasteiger partial charge in [-0.1, -0.05) is 51.4 Å². The van der Waals surface area contributed by atoms with Gasteiger partial charge in [0.1, 0.15) is 0 Å². The first-order valence-corrected chi connectivity index (χ1v) is 11.7. The maximum absolute atomic E-state index is 2.20. The minimum absolute atomic E-state index is 1.08. The Morgan fingerprint density at radius 3 is 1.05 bits per heavy atom. The van der Waals surface area contributed by atoms with E-state index < -0.39 is 0 Å². The third-order valence-corrected chi connectivity index (χ3v) is 8.59. The van der Waals surface area contributed by atoms with Gasteiger partial charge in [-0.25, -0.2) is 0 Å². The third kappa shape index (κ3) is 4.83. The summed E-state index contributed by atoms with van der Waals surface area (Å²) in [4.78, 5) is 0. The van der Waals surface area contributed by atoms with Gasteiger partial charge in [-0.15, -0.1) is 0 Å². The van der Waals surface area contributed by atoms with Crippen LogP contribution in [0.25, 0.3) is 0 Å². The van der Waals surface area contributed by atoms with Crippen LogP contribution in [0.2, 0.25) is 0 Å².